The summed E-state index contributed by atoms with van der Waals surface area (Å²) in [6.07, 6.45) is -4.66. The Bertz CT molecular complexity index is 445. The number of alkyl halides is 3. The first-order valence-electron chi connectivity index (χ1n) is 6.16. The van der Waals surface area contributed by atoms with E-state index < -0.39 is 12.8 Å². The number of methoxy groups -OCH3 is 1. The molecule has 0 saturated heterocycles. The highest BCUT2D eigenvalue weighted by Gasteiger charge is 2.28. The lowest BCUT2D eigenvalue weighted by Crippen LogP contribution is -2.28. The lowest BCUT2D eigenvalue weighted by Gasteiger charge is -2.13. The number of nitrogens with one attached hydrogen (secondary N) is 1. The Labute approximate surface area is 120 Å². The van der Waals surface area contributed by atoms with E-state index in [0.29, 0.717) is 5.69 Å². The van der Waals surface area contributed by atoms with Crippen LogP contribution < -0.4 is 15.8 Å². The van der Waals surface area contributed by atoms with Gasteiger partial charge >= 0.3 is 6.18 Å². The largest absolute Gasteiger partial charge is 0.484 e. The van der Waals surface area contributed by atoms with Crippen molar-refractivity contribution in [3.63, 3.8) is 0 Å². The van der Waals surface area contributed by atoms with Gasteiger partial charge in [0.25, 0.3) is 0 Å². The van der Waals surface area contributed by atoms with Gasteiger partial charge in [0.15, 0.2) is 6.61 Å². The van der Waals surface area contributed by atoms with Crippen LogP contribution in [0.15, 0.2) is 24.3 Å². The van der Waals surface area contributed by atoms with Gasteiger partial charge in [-0.05, 0) is 24.3 Å². The second-order valence-electron chi connectivity index (χ2n) is 4.27. The molecule has 0 saturated carbocycles. The molecule has 1 unspecified atom stereocenters. The van der Waals surface area contributed by atoms with Crippen molar-refractivity contribution in [3.8, 4) is 5.75 Å². The number of carbonyl (C=O) groups is 1. The predicted molar refractivity (Wildman–Crippen MR) is 71.1 cm³/mol. The molecule has 0 aliphatic carbocycles. The van der Waals surface area contributed by atoms with Gasteiger partial charge in [0, 0.05) is 19.3 Å². The summed E-state index contributed by atoms with van der Waals surface area (Å²) in [7, 11) is 1.46. The normalized spacial score (nSPS) is 12.8. The number of halogens is 3. The van der Waals surface area contributed by atoms with Gasteiger partial charge in [0.2, 0.25) is 5.91 Å². The molecule has 1 aromatic rings. The fourth-order valence-corrected chi connectivity index (χ4v) is 1.48. The Morgan fingerprint density at radius 3 is 2.43 bits per heavy atom. The van der Waals surface area contributed by atoms with Gasteiger partial charge < -0.3 is 20.5 Å². The quantitative estimate of drug-likeness (QED) is 0.807. The highest BCUT2D eigenvalue weighted by molar-refractivity contribution is 5.91. The van der Waals surface area contributed by atoms with Gasteiger partial charge in [-0.3, -0.25) is 4.79 Å². The van der Waals surface area contributed by atoms with Gasteiger partial charge in [0.1, 0.15) is 5.75 Å². The third-order valence-electron chi connectivity index (χ3n) is 2.55. The SMILES string of the molecule is COC(CN)CC(=O)Nc1ccc(OCC(F)(F)F)cc1. The van der Waals surface area contributed by atoms with Crippen LogP contribution in [0.25, 0.3) is 0 Å². The summed E-state index contributed by atoms with van der Waals surface area (Å²) in [4.78, 5) is 11.7. The van der Waals surface area contributed by atoms with Gasteiger partial charge in [-0.2, -0.15) is 13.2 Å². The minimum Gasteiger partial charge on any atom is -0.484 e. The Balaban J connectivity index is 2.49. The van der Waals surface area contributed by atoms with Crippen molar-refractivity contribution in [2.75, 3.05) is 25.6 Å². The molecule has 118 valence electrons. The van der Waals surface area contributed by atoms with Crippen molar-refractivity contribution in [1.82, 2.24) is 0 Å². The lowest BCUT2D eigenvalue weighted by molar-refractivity contribution is -0.153. The number of hydrogen-bond acceptors (Lipinski definition) is 4. The summed E-state index contributed by atoms with van der Waals surface area (Å²) in [5, 5.41) is 2.59. The summed E-state index contributed by atoms with van der Waals surface area (Å²) < 4.78 is 45.5. The van der Waals surface area contributed by atoms with Crippen molar-refractivity contribution in [2.24, 2.45) is 5.73 Å². The molecule has 0 heterocycles. The topological polar surface area (TPSA) is 73.6 Å². The van der Waals surface area contributed by atoms with Crippen LogP contribution in [0.1, 0.15) is 6.42 Å². The first-order valence-corrected chi connectivity index (χ1v) is 6.16. The highest BCUT2D eigenvalue weighted by Crippen LogP contribution is 2.20. The molecular weight excluding hydrogens is 289 g/mol. The minimum atomic E-state index is -4.38. The number of amides is 1. The number of anilines is 1. The molecule has 0 bridgehead atoms. The molecule has 8 heteroatoms. The number of rotatable bonds is 7. The van der Waals surface area contributed by atoms with E-state index in [0.717, 1.165) is 0 Å². The summed E-state index contributed by atoms with van der Waals surface area (Å²) in [5.41, 5.74) is 5.85. The summed E-state index contributed by atoms with van der Waals surface area (Å²) in [6, 6.07) is 5.60. The van der Waals surface area contributed by atoms with E-state index in [1.807, 2.05) is 0 Å². The van der Waals surface area contributed by atoms with Crippen molar-refractivity contribution < 1.29 is 27.4 Å². The molecule has 0 aromatic heterocycles. The molecule has 1 aromatic carbocycles. The second-order valence-corrected chi connectivity index (χ2v) is 4.27. The Kier molecular flexibility index (Phi) is 6.44. The van der Waals surface area contributed by atoms with E-state index in [9.17, 15) is 18.0 Å². The third kappa shape index (κ3) is 6.96. The zero-order valence-corrected chi connectivity index (χ0v) is 11.4. The molecule has 5 nitrogen and oxygen atoms in total. The van der Waals surface area contributed by atoms with Crippen LogP contribution in [0.4, 0.5) is 18.9 Å². The zero-order chi connectivity index (χ0) is 15.9. The first-order chi connectivity index (χ1) is 9.84. The Morgan fingerprint density at radius 2 is 1.95 bits per heavy atom. The Hall–Kier alpha value is -1.80. The predicted octanol–water partition coefficient (Wildman–Crippen LogP) is 1.93. The molecule has 3 N–H and O–H groups in total. The van der Waals surface area contributed by atoms with Crippen molar-refractivity contribution >= 4 is 11.6 Å². The molecule has 0 spiro atoms. The summed E-state index contributed by atoms with van der Waals surface area (Å²) >= 11 is 0. The maximum atomic E-state index is 12.0. The molecule has 0 aliphatic heterocycles. The molecule has 1 atom stereocenters. The maximum absolute atomic E-state index is 12.0. The molecule has 0 fully saturated rings. The number of benzene rings is 1. The molecule has 1 rings (SSSR count). The van der Waals surface area contributed by atoms with Crippen LogP contribution in [0.3, 0.4) is 0 Å². The average molecular weight is 306 g/mol. The number of nitrogens with two attached hydrogens (primary N) is 1. The zero-order valence-electron chi connectivity index (χ0n) is 11.4. The van der Waals surface area contributed by atoms with Crippen LogP contribution in [0.2, 0.25) is 0 Å². The van der Waals surface area contributed by atoms with Crippen LogP contribution in [-0.4, -0.2) is 38.4 Å². The molecule has 21 heavy (non-hydrogen) atoms. The average Bonchev–Trinajstić information content (AvgIpc) is 2.43. The van der Waals surface area contributed by atoms with E-state index in [2.05, 4.69) is 10.1 Å². The van der Waals surface area contributed by atoms with Gasteiger partial charge in [-0.25, -0.2) is 0 Å². The Morgan fingerprint density at radius 1 is 1.33 bits per heavy atom. The molecule has 0 aliphatic rings. The summed E-state index contributed by atoms with van der Waals surface area (Å²) in [6.45, 7) is -1.14. The highest BCUT2D eigenvalue weighted by atomic mass is 19.4. The smallest absolute Gasteiger partial charge is 0.422 e. The maximum Gasteiger partial charge on any atom is 0.422 e. The molecule has 0 radical (unpaired) electrons. The number of hydrogen-bond donors (Lipinski definition) is 2. The van der Waals surface area contributed by atoms with Crippen molar-refractivity contribution in [3.05, 3.63) is 24.3 Å². The van der Waals surface area contributed by atoms with Gasteiger partial charge in [-0.1, -0.05) is 0 Å². The standard InChI is InChI=1S/C13H17F3N2O3/c1-20-11(7-17)6-12(19)18-9-2-4-10(5-3-9)21-8-13(14,15)16/h2-5,11H,6-8,17H2,1H3,(H,18,19). The fourth-order valence-electron chi connectivity index (χ4n) is 1.48. The second kappa shape index (κ2) is 7.84. The number of ether oxygens (including phenoxy) is 2. The van der Waals surface area contributed by atoms with Crippen LogP contribution in [0.5, 0.6) is 5.75 Å². The number of carbonyl (C=O) groups excluding carboxylic acids is 1. The van der Waals surface area contributed by atoms with E-state index in [4.69, 9.17) is 10.5 Å². The van der Waals surface area contributed by atoms with E-state index in [1.54, 1.807) is 0 Å². The van der Waals surface area contributed by atoms with Crippen LogP contribution >= 0.6 is 0 Å². The first kappa shape index (κ1) is 17.3. The van der Waals surface area contributed by atoms with Crippen molar-refractivity contribution in [1.29, 1.82) is 0 Å². The monoisotopic (exact) mass is 306 g/mol. The van der Waals surface area contributed by atoms with E-state index >= 15 is 0 Å². The van der Waals surface area contributed by atoms with Crippen LogP contribution in [0, 0.1) is 0 Å². The fraction of sp³-hybridized carbons (Fsp3) is 0.462. The molecular formula is C13H17F3N2O3. The summed E-state index contributed by atoms with van der Waals surface area (Å²) in [5.74, 6) is -0.224. The molecule has 1 amide bonds. The van der Waals surface area contributed by atoms with E-state index in [1.165, 1.54) is 31.4 Å². The van der Waals surface area contributed by atoms with Gasteiger partial charge in [-0.15, -0.1) is 0 Å². The van der Waals surface area contributed by atoms with Crippen LogP contribution in [-0.2, 0) is 9.53 Å². The van der Waals surface area contributed by atoms with Gasteiger partial charge in [0.05, 0.1) is 12.5 Å². The van der Waals surface area contributed by atoms with Crippen molar-refractivity contribution in [2.45, 2.75) is 18.7 Å². The minimum absolute atomic E-state index is 0.0713. The van der Waals surface area contributed by atoms with E-state index in [-0.39, 0.29) is 30.7 Å². The third-order valence-corrected chi connectivity index (χ3v) is 2.55. The lowest BCUT2D eigenvalue weighted by atomic mass is 10.2.